The maximum Gasteiger partial charge on any atom is 0.164 e. The molecular weight excluding hydrogens is 456 g/mol. The second kappa shape index (κ2) is 7.19. The van der Waals surface area contributed by atoms with Crippen LogP contribution in [0.1, 0.15) is 5.56 Å². The number of hydrogen-bond acceptors (Lipinski definition) is 5. The topological polar surface area (TPSA) is 49.7 Å². The first-order valence-corrected chi connectivity index (χ1v) is 12.1. The average molecular weight is 472 g/mol. The fourth-order valence-electron chi connectivity index (χ4n) is 3.29. The Labute approximate surface area is 170 Å². The van der Waals surface area contributed by atoms with E-state index in [-0.39, 0.29) is 23.6 Å². The van der Waals surface area contributed by atoms with Crippen LogP contribution >= 0.6 is 39.3 Å². The monoisotopic (exact) mass is 470 g/mol. The molecule has 4 nitrogen and oxygen atoms in total. The molecule has 136 valence electrons. The molecule has 0 N–H and O–H groups in total. The van der Waals surface area contributed by atoms with Gasteiger partial charge in [-0.3, -0.25) is 4.99 Å². The van der Waals surface area contributed by atoms with Gasteiger partial charge >= 0.3 is 0 Å². The van der Waals surface area contributed by atoms with E-state index in [2.05, 4.69) is 28.1 Å². The lowest BCUT2D eigenvalue weighted by Gasteiger charge is -2.26. The van der Waals surface area contributed by atoms with Crippen molar-refractivity contribution < 1.29 is 8.42 Å². The highest BCUT2D eigenvalue weighted by molar-refractivity contribution is 9.10. The number of amidine groups is 1. The molecule has 0 aromatic heterocycles. The lowest BCUT2D eigenvalue weighted by atomic mass is 10.1. The Morgan fingerprint density at radius 1 is 1.19 bits per heavy atom. The summed E-state index contributed by atoms with van der Waals surface area (Å²) in [6, 6.07) is 15.3. The highest BCUT2D eigenvalue weighted by Crippen LogP contribution is 2.36. The van der Waals surface area contributed by atoms with Gasteiger partial charge in [0, 0.05) is 20.9 Å². The summed E-state index contributed by atoms with van der Waals surface area (Å²) in [5.41, 5.74) is 2.08. The third-order valence-electron chi connectivity index (χ3n) is 4.48. The second-order valence-electron chi connectivity index (χ2n) is 6.39. The minimum Gasteiger partial charge on any atom is -0.315 e. The van der Waals surface area contributed by atoms with Crippen molar-refractivity contribution in [2.45, 2.75) is 17.8 Å². The zero-order valence-corrected chi connectivity index (χ0v) is 17.7. The van der Waals surface area contributed by atoms with Crippen molar-refractivity contribution in [2.75, 3.05) is 16.4 Å². The van der Waals surface area contributed by atoms with Crippen LogP contribution in [-0.4, -0.2) is 37.2 Å². The lowest BCUT2D eigenvalue weighted by molar-refractivity contribution is 0.601. The summed E-state index contributed by atoms with van der Waals surface area (Å²) < 4.78 is 25.2. The number of fused-ring (bicyclic) bond motifs is 1. The SMILES string of the molecule is O=S1(=O)C[C@H]2N=C(SCc3ccc(Br)cc3)N(c3cccc(Cl)c3)[C@H]2C1. The molecule has 2 aromatic carbocycles. The standard InChI is InChI=1S/C18H16BrClN2O2S2/c19-13-6-4-12(5-7-13)9-25-18-21-16-10-26(23,24)11-17(16)22(18)15-3-1-2-14(20)8-15/h1-8,16-17H,9-11H2/t16-,17+/m1/s1. The summed E-state index contributed by atoms with van der Waals surface area (Å²) in [6.45, 7) is 0. The maximum absolute atomic E-state index is 12.1. The van der Waals surface area contributed by atoms with E-state index in [1.165, 1.54) is 5.56 Å². The van der Waals surface area contributed by atoms with Gasteiger partial charge in [-0.15, -0.1) is 0 Å². The number of aliphatic imine (C=N–C) groups is 1. The van der Waals surface area contributed by atoms with Gasteiger partial charge in [-0.1, -0.05) is 57.5 Å². The third-order valence-corrected chi connectivity index (χ3v) is 7.98. The first-order valence-electron chi connectivity index (χ1n) is 8.11. The van der Waals surface area contributed by atoms with Crippen LogP contribution in [0.2, 0.25) is 5.02 Å². The Morgan fingerprint density at radius 3 is 2.69 bits per heavy atom. The van der Waals surface area contributed by atoms with Crippen molar-refractivity contribution in [3.05, 3.63) is 63.6 Å². The van der Waals surface area contributed by atoms with Crippen LogP contribution < -0.4 is 4.90 Å². The van der Waals surface area contributed by atoms with E-state index < -0.39 is 9.84 Å². The molecule has 1 saturated heterocycles. The molecule has 2 heterocycles. The maximum atomic E-state index is 12.1. The average Bonchev–Trinajstić information content (AvgIpc) is 3.05. The summed E-state index contributed by atoms with van der Waals surface area (Å²) in [5.74, 6) is 1.03. The minimum absolute atomic E-state index is 0.122. The van der Waals surface area contributed by atoms with E-state index >= 15 is 0 Å². The second-order valence-corrected chi connectivity index (χ2v) is 10.8. The van der Waals surface area contributed by atoms with Gasteiger partial charge in [0.05, 0.1) is 23.6 Å². The van der Waals surface area contributed by atoms with E-state index in [1.54, 1.807) is 11.8 Å². The zero-order chi connectivity index (χ0) is 18.3. The van der Waals surface area contributed by atoms with Crippen LogP contribution in [0.4, 0.5) is 5.69 Å². The molecule has 2 aliphatic heterocycles. The van der Waals surface area contributed by atoms with Crippen LogP contribution in [0.5, 0.6) is 0 Å². The molecule has 0 saturated carbocycles. The molecule has 26 heavy (non-hydrogen) atoms. The predicted molar refractivity (Wildman–Crippen MR) is 113 cm³/mol. The van der Waals surface area contributed by atoms with Crippen LogP contribution in [0.25, 0.3) is 0 Å². The number of hydrogen-bond donors (Lipinski definition) is 0. The minimum atomic E-state index is -3.05. The van der Waals surface area contributed by atoms with Crippen molar-refractivity contribution in [1.82, 2.24) is 0 Å². The first-order chi connectivity index (χ1) is 12.4. The molecule has 8 heteroatoms. The van der Waals surface area contributed by atoms with Crippen LogP contribution in [0.15, 0.2) is 58.0 Å². The fraction of sp³-hybridized carbons (Fsp3) is 0.278. The Morgan fingerprint density at radius 2 is 1.96 bits per heavy atom. The van der Waals surface area contributed by atoms with Crippen LogP contribution in [0.3, 0.4) is 0 Å². The van der Waals surface area contributed by atoms with Crippen LogP contribution in [0, 0.1) is 0 Å². The molecule has 0 radical (unpaired) electrons. The Kier molecular flexibility index (Phi) is 5.07. The molecule has 4 rings (SSSR count). The van der Waals surface area contributed by atoms with E-state index in [0.29, 0.717) is 5.02 Å². The molecule has 0 amide bonds. The summed E-state index contributed by atoms with van der Waals surface area (Å²) in [6.07, 6.45) is 0. The quantitative estimate of drug-likeness (QED) is 0.667. The van der Waals surface area contributed by atoms with Crippen LogP contribution in [-0.2, 0) is 15.6 Å². The van der Waals surface area contributed by atoms with E-state index in [0.717, 1.165) is 21.1 Å². The molecule has 0 spiro atoms. The van der Waals surface area contributed by atoms with E-state index in [1.807, 2.05) is 41.3 Å². The van der Waals surface area contributed by atoms with Gasteiger partial charge in [-0.2, -0.15) is 0 Å². The van der Waals surface area contributed by atoms with Gasteiger partial charge in [0.2, 0.25) is 0 Å². The molecule has 0 unspecified atom stereocenters. The van der Waals surface area contributed by atoms with Gasteiger partial charge in [0.1, 0.15) is 0 Å². The number of nitrogens with zero attached hydrogens (tertiary/aromatic N) is 2. The number of benzene rings is 2. The molecule has 2 atom stereocenters. The van der Waals surface area contributed by atoms with Gasteiger partial charge in [-0.05, 0) is 35.9 Å². The Hall–Kier alpha value is -1.02. The highest BCUT2D eigenvalue weighted by atomic mass is 79.9. The fourth-order valence-corrected chi connectivity index (χ4v) is 6.66. The molecule has 0 bridgehead atoms. The van der Waals surface area contributed by atoms with E-state index in [4.69, 9.17) is 16.6 Å². The number of anilines is 1. The molecule has 0 aliphatic carbocycles. The predicted octanol–water partition coefficient (Wildman–Crippen LogP) is 4.38. The largest absolute Gasteiger partial charge is 0.315 e. The van der Waals surface area contributed by atoms with Crippen molar-refractivity contribution in [2.24, 2.45) is 4.99 Å². The normalized spacial score (nSPS) is 23.8. The van der Waals surface area contributed by atoms with Crippen molar-refractivity contribution >= 4 is 60.0 Å². The van der Waals surface area contributed by atoms with Crippen molar-refractivity contribution in [1.29, 1.82) is 0 Å². The molecule has 1 fully saturated rings. The van der Waals surface area contributed by atoms with Gasteiger partial charge in [0.15, 0.2) is 15.0 Å². The lowest BCUT2D eigenvalue weighted by Crippen LogP contribution is -2.39. The van der Waals surface area contributed by atoms with Crippen molar-refractivity contribution in [3.8, 4) is 0 Å². The summed E-state index contributed by atoms with van der Waals surface area (Å²) in [5, 5.41) is 1.49. The van der Waals surface area contributed by atoms with Crippen molar-refractivity contribution in [3.63, 3.8) is 0 Å². The van der Waals surface area contributed by atoms with Gasteiger partial charge < -0.3 is 4.90 Å². The Balaban J connectivity index is 1.61. The van der Waals surface area contributed by atoms with Gasteiger partial charge in [-0.25, -0.2) is 8.42 Å². The number of halogens is 2. The van der Waals surface area contributed by atoms with Gasteiger partial charge in [0.25, 0.3) is 0 Å². The molecule has 2 aliphatic rings. The highest BCUT2D eigenvalue weighted by Gasteiger charge is 2.47. The third kappa shape index (κ3) is 3.81. The summed E-state index contributed by atoms with van der Waals surface area (Å²) >= 11 is 11.2. The number of thioether (sulfide) groups is 1. The molecular formula is C18H16BrClN2O2S2. The Bertz CT molecular complexity index is 963. The summed E-state index contributed by atoms with van der Waals surface area (Å²) in [7, 11) is -3.05. The summed E-state index contributed by atoms with van der Waals surface area (Å²) in [4.78, 5) is 6.79. The first kappa shape index (κ1) is 18.3. The smallest absolute Gasteiger partial charge is 0.164 e. The van der Waals surface area contributed by atoms with E-state index in [9.17, 15) is 8.42 Å². The molecule has 2 aromatic rings. The number of sulfone groups is 1. The number of rotatable bonds is 3. The zero-order valence-electron chi connectivity index (χ0n) is 13.7.